The summed E-state index contributed by atoms with van der Waals surface area (Å²) in [6.45, 7) is 1.80. The highest BCUT2D eigenvalue weighted by Crippen LogP contribution is 2.22. The highest BCUT2D eigenvalue weighted by Gasteiger charge is 2.18. The Kier molecular flexibility index (Phi) is 3.90. The second-order valence-electron chi connectivity index (χ2n) is 4.07. The number of rotatable bonds is 3. The van der Waals surface area contributed by atoms with E-state index in [4.69, 9.17) is 5.73 Å². The van der Waals surface area contributed by atoms with E-state index in [9.17, 15) is 13.0 Å². The summed E-state index contributed by atoms with van der Waals surface area (Å²) < 4.78 is 39.3. The molecule has 0 fully saturated rings. The van der Waals surface area contributed by atoms with Gasteiger partial charge in [0.15, 0.2) is 0 Å². The van der Waals surface area contributed by atoms with Crippen molar-refractivity contribution in [3.63, 3.8) is 0 Å². The molecule has 3 nitrogen and oxygen atoms in total. The van der Waals surface area contributed by atoms with Crippen molar-refractivity contribution in [1.82, 2.24) is 4.98 Å². The molecule has 2 rings (SSSR count). The first-order valence-electron chi connectivity index (χ1n) is 5.52. The fraction of sp³-hybridized carbons (Fsp3) is 0.154. The van der Waals surface area contributed by atoms with Gasteiger partial charge in [-0.1, -0.05) is 6.07 Å². The topological polar surface area (TPSA) is 56.0 Å². The maximum atomic E-state index is 13.6. The summed E-state index contributed by atoms with van der Waals surface area (Å²) >= 11 is 0. The molecule has 0 saturated carbocycles. The normalized spacial score (nSPS) is 12.4. The van der Waals surface area contributed by atoms with Gasteiger partial charge in [-0.2, -0.15) is 0 Å². The molecule has 100 valence electrons. The number of aromatic nitrogens is 1. The van der Waals surface area contributed by atoms with Crippen molar-refractivity contribution in [2.24, 2.45) is 0 Å². The number of hydrogen-bond donors (Lipinski definition) is 1. The Morgan fingerprint density at radius 3 is 2.53 bits per heavy atom. The van der Waals surface area contributed by atoms with Crippen LogP contribution in [0.3, 0.4) is 0 Å². The monoisotopic (exact) mass is 282 g/mol. The Morgan fingerprint density at radius 2 is 1.95 bits per heavy atom. The summed E-state index contributed by atoms with van der Waals surface area (Å²) in [4.78, 5) is 3.60. The standard InChI is InChI=1S/C13H12F2N2OS/c1-8-3-2-4-17-12(8)7-19(18)13-10(14)5-9(16)6-11(13)15/h2-6H,7,16H2,1H3. The molecule has 0 amide bonds. The molecule has 2 aromatic rings. The third kappa shape index (κ3) is 2.96. The molecule has 0 saturated heterocycles. The van der Waals surface area contributed by atoms with Crippen molar-refractivity contribution in [2.75, 3.05) is 5.73 Å². The van der Waals surface area contributed by atoms with Crippen LogP contribution in [0.1, 0.15) is 11.3 Å². The molecule has 2 N–H and O–H groups in total. The highest BCUT2D eigenvalue weighted by molar-refractivity contribution is 7.84. The zero-order valence-electron chi connectivity index (χ0n) is 10.2. The lowest BCUT2D eigenvalue weighted by atomic mass is 10.2. The molecule has 0 bridgehead atoms. The third-order valence-electron chi connectivity index (χ3n) is 2.63. The Hall–Kier alpha value is -1.82. The molecule has 6 heteroatoms. The average molecular weight is 282 g/mol. The van der Waals surface area contributed by atoms with E-state index in [0.717, 1.165) is 17.7 Å². The summed E-state index contributed by atoms with van der Waals surface area (Å²) in [7, 11) is -1.84. The second kappa shape index (κ2) is 5.44. The first-order chi connectivity index (χ1) is 8.99. The van der Waals surface area contributed by atoms with Gasteiger partial charge in [0.05, 0.1) is 22.2 Å². The van der Waals surface area contributed by atoms with Crippen LogP contribution in [0.5, 0.6) is 0 Å². The molecular formula is C13H12F2N2OS. The minimum Gasteiger partial charge on any atom is -0.399 e. The predicted octanol–water partition coefficient (Wildman–Crippen LogP) is 2.56. The van der Waals surface area contributed by atoms with Gasteiger partial charge >= 0.3 is 0 Å². The van der Waals surface area contributed by atoms with Gasteiger partial charge in [0, 0.05) is 11.9 Å². The number of benzene rings is 1. The van der Waals surface area contributed by atoms with Crippen LogP contribution in [0.15, 0.2) is 35.4 Å². The largest absolute Gasteiger partial charge is 0.399 e. The van der Waals surface area contributed by atoms with E-state index >= 15 is 0 Å². The summed E-state index contributed by atoms with van der Waals surface area (Å²) in [6.07, 6.45) is 1.55. The van der Waals surface area contributed by atoms with Gasteiger partial charge in [-0.05, 0) is 30.7 Å². The zero-order chi connectivity index (χ0) is 14.0. The SMILES string of the molecule is Cc1cccnc1CS(=O)c1c(F)cc(N)cc1F. The Morgan fingerprint density at radius 1 is 1.32 bits per heavy atom. The van der Waals surface area contributed by atoms with Crippen molar-refractivity contribution in [3.8, 4) is 0 Å². The molecule has 0 aliphatic rings. The molecular weight excluding hydrogens is 270 g/mol. The third-order valence-corrected chi connectivity index (χ3v) is 4.01. The van der Waals surface area contributed by atoms with Gasteiger partial charge < -0.3 is 5.73 Å². The van der Waals surface area contributed by atoms with E-state index in [1.807, 2.05) is 0 Å². The molecule has 0 radical (unpaired) electrons. The van der Waals surface area contributed by atoms with Crippen LogP contribution in [-0.2, 0) is 16.6 Å². The number of anilines is 1. The number of nitrogen functional groups attached to an aromatic ring is 1. The number of halogens is 2. The van der Waals surface area contributed by atoms with Crippen LogP contribution >= 0.6 is 0 Å². The van der Waals surface area contributed by atoms with Crippen LogP contribution in [0.4, 0.5) is 14.5 Å². The fourth-order valence-electron chi connectivity index (χ4n) is 1.66. The summed E-state index contributed by atoms with van der Waals surface area (Å²) in [6, 6.07) is 5.46. The van der Waals surface area contributed by atoms with Crippen molar-refractivity contribution in [2.45, 2.75) is 17.6 Å². The van der Waals surface area contributed by atoms with E-state index in [0.29, 0.717) is 5.69 Å². The molecule has 1 aromatic heterocycles. The lowest BCUT2D eigenvalue weighted by Crippen LogP contribution is -2.06. The minimum absolute atomic E-state index is 0.0373. The Labute approximate surface area is 111 Å². The summed E-state index contributed by atoms with van der Waals surface area (Å²) in [5, 5.41) is 0. The van der Waals surface area contributed by atoms with E-state index in [-0.39, 0.29) is 11.4 Å². The molecule has 0 spiro atoms. The number of pyridine rings is 1. The molecule has 1 atom stereocenters. The van der Waals surface area contributed by atoms with Crippen LogP contribution in [0.2, 0.25) is 0 Å². The Bertz CT molecular complexity index is 623. The van der Waals surface area contributed by atoms with Crippen molar-refractivity contribution in [1.29, 1.82) is 0 Å². The molecule has 1 unspecified atom stereocenters. The number of nitrogens with two attached hydrogens (primary N) is 1. The zero-order valence-corrected chi connectivity index (χ0v) is 11.0. The lowest BCUT2D eigenvalue weighted by Gasteiger charge is -2.07. The van der Waals surface area contributed by atoms with E-state index < -0.39 is 27.3 Å². The van der Waals surface area contributed by atoms with E-state index in [2.05, 4.69) is 4.98 Å². The van der Waals surface area contributed by atoms with Crippen LogP contribution in [0, 0.1) is 18.6 Å². The quantitative estimate of drug-likeness (QED) is 0.880. The summed E-state index contributed by atoms with van der Waals surface area (Å²) in [5.74, 6) is -1.83. The maximum absolute atomic E-state index is 13.6. The molecule has 1 heterocycles. The average Bonchev–Trinajstić information content (AvgIpc) is 2.30. The first kappa shape index (κ1) is 13.6. The molecule has 1 aromatic carbocycles. The number of aryl methyl sites for hydroxylation is 1. The predicted molar refractivity (Wildman–Crippen MR) is 69.9 cm³/mol. The van der Waals surface area contributed by atoms with Crippen LogP contribution in [-0.4, -0.2) is 9.19 Å². The maximum Gasteiger partial charge on any atom is 0.144 e. The number of hydrogen-bond acceptors (Lipinski definition) is 3. The lowest BCUT2D eigenvalue weighted by molar-refractivity contribution is 0.535. The van der Waals surface area contributed by atoms with Gasteiger partial charge in [0.25, 0.3) is 0 Å². The smallest absolute Gasteiger partial charge is 0.144 e. The van der Waals surface area contributed by atoms with Crippen molar-refractivity contribution in [3.05, 3.63) is 53.4 Å². The fourth-order valence-corrected chi connectivity index (χ4v) is 2.91. The van der Waals surface area contributed by atoms with Crippen LogP contribution < -0.4 is 5.73 Å². The first-order valence-corrected chi connectivity index (χ1v) is 6.84. The van der Waals surface area contributed by atoms with Crippen molar-refractivity contribution >= 4 is 16.5 Å². The second-order valence-corrected chi connectivity index (χ2v) is 5.46. The van der Waals surface area contributed by atoms with E-state index in [1.165, 1.54) is 0 Å². The number of nitrogens with zero attached hydrogens (tertiary/aromatic N) is 1. The van der Waals surface area contributed by atoms with Gasteiger partial charge in [0.2, 0.25) is 0 Å². The van der Waals surface area contributed by atoms with Gasteiger partial charge in [0.1, 0.15) is 16.5 Å². The van der Waals surface area contributed by atoms with E-state index in [1.54, 1.807) is 25.3 Å². The molecule has 19 heavy (non-hydrogen) atoms. The summed E-state index contributed by atoms with van der Waals surface area (Å²) in [5.41, 5.74) is 6.65. The molecule has 0 aliphatic heterocycles. The minimum atomic E-state index is -1.84. The van der Waals surface area contributed by atoms with Crippen LogP contribution in [0.25, 0.3) is 0 Å². The van der Waals surface area contributed by atoms with Gasteiger partial charge in [-0.15, -0.1) is 0 Å². The van der Waals surface area contributed by atoms with Gasteiger partial charge in [-0.3, -0.25) is 9.19 Å². The van der Waals surface area contributed by atoms with Crippen molar-refractivity contribution < 1.29 is 13.0 Å². The Balaban J connectivity index is 2.34. The molecule has 0 aliphatic carbocycles. The van der Waals surface area contributed by atoms with Gasteiger partial charge in [-0.25, -0.2) is 8.78 Å². The highest BCUT2D eigenvalue weighted by atomic mass is 32.2.